The fourth-order valence-electron chi connectivity index (χ4n) is 3.79. The molecule has 2 aromatic rings. The van der Waals surface area contributed by atoms with Gasteiger partial charge in [-0.05, 0) is 48.7 Å². The summed E-state index contributed by atoms with van der Waals surface area (Å²) in [6.07, 6.45) is 6.88. The fraction of sp³-hybridized carbons (Fsp3) is 0.409. The molecular formula is C22H27ClN2O3S. The normalized spacial score (nSPS) is 15.1. The molecule has 0 aliphatic heterocycles. The van der Waals surface area contributed by atoms with Gasteiger partial charge in [0.1, 0.15) is 0 Å². The first-order valence-corrected chi connectivity index (χ1v) is 12.1. The zero-order valence-electron chi connectivity index (χ0n) is 16.8. The molecule has 1 aliphatic carbocycles. The second-order valence-corrected chi connectivity index (χ2v) is 10.00. The molecule has 5 nitrogen and oxygen atoms in total. The van der Waals surface area contributed by atoms with E-state index < -0.39 is 10.0 Å². The molecule has 0 bridgehead atoms. The van der Waals surface area contributed by atoms with E-state index in [0.717, 1.165) is 18.4 Å². The number of anilines is 1. The van der Waals surface area contributed by atoms with Gasteiger partial charge < -0.3 is 4.90 Å². The Morgan fingerprint density at radius 1 is 1.07 bits per heavy atom. The third-order valence-electron chi connectivity index (χ3n) is 5.47. The molecule has 156 valence electrons. The van der Waals surface area contributed by atoms with Crippen LogP contribution in [0.5, 0.6) is 0 Å². The quantitative estimate of drug-likeness (QED) is 0.661. The zero-order chi connectivity index (χ0) is 21.0. The number of halogens is 1. The molecule has 0 atom stereocenters. The summed E-state index contributed by atoms with van der Waals surface area (Å²) in [7, 11) is -1.62. The topological polar surface area (TPSA) is 57.7 Å². The lowest BCUT2D eigenvalue weighted by Gasteiger charge is -2.31. The molecule has 1 fully saturated rings. The number of sulfonamides is 1. The minimum atomic E-state index is -3.49. The summed E-state index contributed by atoms with van der Waals surface area (Å²) in [5.41, 5.74) is 1.93. The average molecular weight is 435 g/mol. The van der Waals surface area contributed by atoms with Crippen molar-refractivity contribution in [2.75, 3.05) is 17.6 Å². The van der Waals surface area contributed by atoms with Crippen LogP contribution in [0.1, 0.15) is 48.0 Å². The third kappa shape index (κ3) is 5.52. The van der Waals surface area contributed by atoms with E-state index in [1.807, 2.05) is 24.1 Å². The standard InChI is InChI=1S/C22H27ClN2O3S/c1-24(20-8-4-3-5-9-20)22(26)18-13-11-17(12-14-18)16-25(29(2,27)28)21-10-6-7-19(23)15-21/h6-7,10-15,20H,3-5,8-9,16H2,1-2H3. The second-order valence-electron chi connectivity index (χ2n) is 7.65. The molecule has 29 heavy (non-hydrogen) atoms. The predicted molar refractivity (Wildman–Crippen MR) is 118 cm³/mol. The molecule has 0 saturated heterocycles. The van der Waals surface area contributed by atoms with Crippen LogP contribution < -0.4 is 4.31 Å². The minimum Gasteiger partial charge on any atom is -0.339 e. The van der Waals surface area contributed by atoms with Crippen LogP contribution in [-0.4, -0.2) is 38.6 Å². The number of hydrogen-bond donors (Lipinski definition) is 0. The Morgan fingerprint density at radius 2 is 1.72 bits per heavy atom. The van der Waals surface area contributed by atoms with Gasteiger partial charge in [-0.2, -0.15) is 0 Å². The second kappa shape index (κ2) is 9.18. The van der Waals surface area contributed by atoms with Crippen LogP contribution >= 0.6 is 11.6 Å². The van der Waals surface area contributed by atoms with Gasteiger partial charge in [0.25, 0.3) is 5.91 Å². The molecule has 0 unspecified atom stereocenters. The maximum atomic E-state index is 12.8. The molecule has 1 saturated carbocycles. The summed E-state index contributed by atoms with van der Waals surface area (Å²) < 4.78 is 25.9. The van der Waals surface area contributed by atoms with Crippen molar-refractivity contribution in [1.82, 2.24) is 4.90 Å². The van der Waals surface area contributed by atoms with Crippen molar-refractivity contribution < 1.29 is 13.2 Å². The first kappa shape index (κ1) is 21.7. The number of rotatable bonds is 6. The van der Waals surface area contributed by atoms with Gasteiger partial charge in [0.05, 0.1) is 18.5 Å². The predicted octanol–water partition coefficient (Wildman–Crippen LogP) is 4.71. The fourth-order valence-corrected chi connectivity index (χ4v) is 4.85. The first-order chi connectivity index (χ1) is 13.8. The van der Waals surface area contributed by atoms with E-state index in [9.17, 15) is 13.2 Å². The maximum absolute atomic E-state index is 12.8. The smallest absolute Gasteiger partial charge is 0.253 e. The lowest BCUT2D eigenvalue weighted by atomic mass is 9.94. The molecule has 1 aliphatic rings. The van der Waals surface area contributed by atoms with Crippen LogP contribution in [0, 0.1) is 0 Å². The van der Waals surface area contributed by atoms with Gasteiger partial charge in [0.2, 0.25) is 10.0 Å². The molecule has 0 radical (unpaired) electrons. The molecule has 3 rings (SSSR count). The van der Waals surface area contributed by atoms with Crippen LogP contribution in [-0.2, 0) is 16.6 Å². The van der Waals surface area contributed by atoms with Crippen molar-refractivity contribution in [2.24, 2.45) is 0 Å². The van der Waals surface area contributed by atoms with Crippen molar-refractivity contribution >= 4 is 33.2 Å². The number of benzene rings is 2. The average Bonchev–Trinajstić information content (AvgIpc) is 2.71. The highest BCUT2D eigenvalue weighted by Gasteiger charge is 2.23. The maximum Gasteiger partial charge on any atom is 0.253 e. The molecule has 7 heteroatoms. The van der Waals surface area contributed by atoms with Gasteiger partial charge in [0.15, 0.2) is 0 Å². The summed E-state index contributed by atoms with van der Waals surface area (Å²) in [6.45, 7) is 0.173. The van der Waals surface area contributed by atoms with E-state index in [-0.39, 0.29) is 12.5 Å². The van der Waals surface area contributed by atoms with Crippen molar-refractivity contribution in [1.29, 1.82) is 0 Å². The number of hydrogen-bond acceptors (Lipinski definition) is 3. The molecule has 1 amide bonds. The Morgan fingerprint density at radius 3 is 2.31 bits per heavy atom. The van der Waals surface area contributed by atoms with Crippen LogP contribution in [0.2, 0.25) is 5.02 Å². The molecule has 0 aromatic heterocycles. The lowest BCUT2D eigenvalue weighted by molar-refractivity contribution is 0.0696. The summed E-state index contributed by atoms with van der Waals surface area (Å²) in [5, 5.41) is 0.475. The van der Waals surface area contributed by atoms with E-state index in [1.165, 1.54) is 29.8 Å². The van der Waals surface area contributed by atoms with E-state index in [2.05, 4.69) is 0 Å². The molecular weight excluding hydrogens is 408 g/mol. The van der Waals surface area contributed by atoms with Gasteiger partial charge >= 0.3 is 0 Å². The van der Waals surface area contributed by atoms with E-state index in [1.54, 1.807) is 36.4 Å². The Hall–Kier alpha value is -2.05. The van der Waals surface area contributed by atoms with Gasteiger partial charge in [-0.15, -0.1) is 0 Å². The van der Waals surface area contributed by atoms with Gasteiger partial charge in [-0.3, -0.25) is 9.10 Å². The Kier molecular flexibility index (Phi) is 6.85. The third-order valence-corrected chi connectivity index (χ3v) is 6.84. The van der Waals surface area contributed by atoms with Gasteiger partial charge in [0, 0.05) is 23.7 Å². The number of amides is 1. The summed E-state index contributed by atoms with van der Waals surface area (Å²) in [6, 6.07) is 14.2. The minimum absolute atomic E-state index is 0.0123. The SMILES string of the molecule is CN(C(=O)c1ccc(CN(c2cccc(Cl)c2)S(C)(=O)=O)cc1)C1CCCCC1. The van der Waals surface area contributed by atoms with Gasteiger partial charge in [-0.1, -0.05) is 49.1 Å². The van der Waals surface area contributed by atoms with Crippen LogP contribution in [0.3, 0.4) is 0 Å². The highest BCUT2D eigenvalue weighted by atomic mass is 35.5. The summed E-state index contributed by atoms with van der Waals surface area (Å²) in [5.74, 6) is 0.0123. The Bertz CT molecular complexity index is 954. The lowest BCUT2D eigenvalue weighted by Crippen LogP contribution is -2.38. The molecule has 0 N–H and O–H groups in total. The van der Waals surface area contributed by atoms with Crippen molar-refractivity contribution in [3.63, 3.8) is 0 Å². The van der Waals surface area contributed by atoms with Crippen LogP contribution in [0.25, 0.3) is 0 Å². The summed E-state index contributed by atoms with van der Waals surface area (Å²) in [4.78, 5) is 14.7. The Balaban J connectivity index is 1.75. The van der Waals surface area contributed by atoms with E-state index in [4.69, 9.17) is 11.6 Å². The highest BCUT2D eigenvalue weighted by Crippen LogP contribution is 2.25. The monoisotopic (exact) mass is 434 g/mol. The number of nitrogens with zero attached hydrogens (tertiary/aromatic N) is 2. The highest BCUT2D eigenvalue weighted by molar-refractivity contribution is 7.92. The zero-order valence-corrected chi connectivity index (χ0v) is 18.4. The summed E-state index contributed by atoms with van der Waals surface area (Å²) >= 11 is 6.03. The largest absolute Gasteiger partial charge is 0.339 e. The van der Waals surface area contributed by atoms with E-state index in [0.29, 0.717) is 22.3 Å². The van der Waals surface area contributed by atoms with Crippen LogP contribution in [0.4, 0.5) is 5.69 Å². The Labute approximate surface area is 178 Å². The van der Waals surface area contributed by atoms with Crippen molar-refractivity contribution in [2.45, 2.75) is 44.7 Å². The van der Waals surface area contributed by atoms with Crippen molar-refractivity contribution in [3.05, 3.63) is 64.7 Å². The first-order valence-electron chi connectivity index (χ1n) is 9.85. The number of carbonyl (C=O) groups excluding carboxylic acids is 1. The van der Waals surface area contributed by atoms with Crippen LogP contribution in [0.15, 0.2) is 48.5 Å². The van der Waals surface area contributed by atoms with Crippen molar-refractivity contribution in [3.8, 4) is 0 Å². The molecule has 2 aromatic carbocycles. The van der Waals surface area contributed by atoms with E-state index >= 15 is 0 Å². The van der Waals surface area contributed by atoms with Gasteiger partial charge in [-0.25, -0.2) is 8.42 Å². The number of carbonyl (C=O) groups is 1. The molecule has 0 heterocycles. The molecule has 0 spiro atoms.